The Morgan fingerprint density at radius 3 is 2.55 bits per heavy atom. The number of nitro groups is 1. The molecule has 0 aliphatic carbocycles. The molecule has 0 N–H and O–H groups in total. The van der Waals surface area contributed by atoms with Crippen LogP contribution in [0.4, 0.5) is 5.69 Å². The highest BCUT2D eigenvalue weighted by atomic mass is 32.2. The topological polar surface area (TPSA) is 55.6 Å². The van der Waals surface area contributed by atoms with Gasteiger partial charge in [-0.15, -0.1) is 0 Å². The molecule has 0 spiro atoms. The molecule has 0 amide bonds. The Labute approximate surface area is 190 Å². The molecule has 1 atom stereocenters. The predicted molar refractivity (Wildman–Crippen MR) is 130 cm³/mol. The molecule has 1 fully saturated rings. The Morgan fingerprint density at radius 2 is 1.84 bits per heavy atom. The zero-order chi connectivity index (χ0) is 22.2. The standard InChI is InChI=1S/C25H33N2O3S/c1-19-7-8-23(17-25(19)27(28)29)22-10-9-21(15-20(2)31-3)24(16-22)18-30-14-13-26-11-5-4-6-12-26/h7-10,16-17,20H,2,4-6,11-15,18H2,1,3H3. The van der Waals surface area contributed by atoms with E-state index in [9.17, 15) is 10.1 Å². The van der Waals surface area contributed by atoms with Crippen LogP contribution in [-0.4, -0.2) is 47.6 Å². The number of likely N-dealkylation sites (tertiary alicyclic amines) is 1. The number of thioether (sulfide) groups is 1. The lowest BCUT2D eigenvalue weighted by Crippen LogP contribution is -2.32. The van der Waals surface area contributed by atoms with Crippen LogP contribution in [0.1, 0.15) is 36.0 Å². The van der Waals surface area contributed by atoms with Crippen molar-refractivity contribution in [1.82, 2.24) is 4.90 Å². The smallest absolute Gasteiger partial charge is 0.272 e. The van der Waals surface area contributed by atoms with Crippen LogP contribution < -0.4 is 0 Å². The van der Waals surface area contributed by atoms with Crippen LogP contribution in [0.15, 0.2) is 36.4 Å². The number of hydrogen-bond acceptors (Lipinski definition) is 5. The molecule has 1 heterocycles. The molecule has 1 saturated heterocycles. The average Bonchev–Trinajstić information content (AvgIpc) is 2.78. The van der Waals surface area contributed by atoms with Crippen molar-refractivity contribution < 1.29 is 9.66 Å². The van der Waals surface area contributed by atoms with E-state index in [0.29, 0.717) is 12.2 Å². The second-order valence-corrected chi connectivity index (χ2v) is 9.40. The van der Waals surface area contributed by atoms with E-state index < -0.39 is 0 Å². The van der Waals surface area contributed by atoms with Gasteiger partial charge in [-0.3, -0.25) is 10.1 Å². The van der Waals surface area contributed by atoms with E-state index in [1.807, 2.05) is 18.2 Å². The molecule has 1 radical (unpaired) electrons. The van der Waals surface area contributed by atoms with Crippen molar-refractivity contribution in [3.8, 4) is 11.1 Å². The summed E-state index contributed by atoms with van der Waals surface area (Å²) in [5, 5.41) is 11.6. The zero-order valence-corrected chi connectivity index (χ0v) is 19.5. The highest BCUT2D eigenvalue weighted by Crippen LogP contribution is 2.29. The maximum absolute atomic E-state index is 11.4. The first-order chi connectivity index (χ1) is 15.0. The summed E-state index contributed by atoms with van der Waals surface area (Å²) in [6, 6.07) is 11.7. The normalized spacial score (nSPS) is 15.7. The van der Waals surface area contributed by atoms with E-state index in [-0.39, 0.29) is 15.9 Å². The number of nitrogens with zero attached hydrogens (tertiary/aromatic N) is 2. The number of aryl methyl sites for hydroxylation is 1. The van der Waals surface area contributed by atoms with Gasteiger partial charge < -0.3 is 9.64 Å². The van der Waals surface area contributed by atoms with Crippen LogP contribution in [0.3, 0.4) is 0 Å². The van der Waals surface area contributed by atoms with Gasteiger partial charge in [0.2, 0.25) is 0 Å². The fourth-order valence-corrected chi connectivity index (χ4v) is 4.36. The maximum atomic E-state index is 11.4. The van der Waals surface area contributed by atoms with Crippen LogP contribution in [-0.2, 0) is 17.8 Å². The van der Waals surface area contributed by atoms with Gasteiger partial charge in [-0.2, -0.15) is 11.8 Å². The van der Waals surface area contributed by atoms with Gasteiger partial charge in [0.25, 0.3) is 5.69 Å². The minimum absolute atomic E-state index is 0.154. The molecular weight excluding hydrogens is 408 g/mol. The minimum atomic E-state index is -0.316. The molecule has 1 aliphatic rings. The third kappa shape index (κ3) is 6.79. The molecule has 2 aromatic carbocycles. The second-order valence-electron chi connectivity index (χ2n) is 8.26. The Balaban J connectivity index is 1.76. The largest absolute Gasteiger partial charge is 0.375 e. The van der Waals surface area contributed by atoms with E-state index in [1.165, 1.54) is 37.9 Å². The lowest BCUT2D eigenvalue weighted by molar-refractivity contribution is -0.385. The summed E-state index contributed by atoms with van der Waals surface area (Å²) in [5.74, 6) is 0. The number of benzene rings is 2. The number of rotatable bonds is 10. The predicted octanol–water partition coefficient (Wildman–Crippen LogP) is 5.68. The Hall–Kier alpha value is -1.89. The fraction of sp³-hybridized carbons (Fsp3) is 0.480. The van der Waals surface area contributed by atoms with Crippen molar-refractivity contribution in [2.45, 2.75) is 44.5 Å². The Kier molecular flexibility index (Phi) is 8.93. The van der Waals surface area contributed by atoms with E-state index in [0.717, 1.165) is 36.3 Å². The highest BCUT2D eigenvalue weighted by Gasteiger charge is 2.15. The Morgan fingerprint density at radius 1 is 1.13 bits per heavy atom. The molecule has 31 heavy (non-hydrogen) atoms. The highest BCUT2D eigenvalue weighted by molar-refractivity contribution is 7.99. The van der Waals surface area contributed by atoms with Gasteiger partial charge in [0, 0.05) is 23.4 Å². The van der Waals surface area contributed by atoms with Gasteiger partial charge in [0.05, 0.1) is 18.1 Å². The third-order valence-corrected chi connectivity index (χ3v) is 6.82. The SMILES string of the molecule is [CH2]C(Cc1ccc(-c2ccc(C)c([N+](=O)[O-])c2)cc1COCCN1CCCCC1)SC. The molecule has 0 aromatic heterocycles. The summed E-state index contributed by atoms with van der Waals surface area (Å²) in [6.45, 7) is 10.6. The number of ether oxygens (including phenoxy) is 1. The number of hydrogen-bond donors (Lipinski definition) is 0. The molecule has 0 saturated carbocycles. The van der Waals surface area contributed by atoms with Gasteiger partial charge in [0.1, 0.15) is 0 Å². The van der Waals surface area contributed by atoms with E-state index in [1.54, 1.807) is 24.8 Å². The first-order valence-corrected chi connectivity index (χ1v) is 12.3. The van der Waals surface area contributed by atoms with Gasteiger partial charge >= 0.3 is 0 Å². The molecule has 1 aliphatic heterocycles. The fourth-order valence-electron chi connectivity index (χ4n) is 4.01. The van der Waals surface area contributed by atoms with Crippen molar-refractivity contribution in [2.75, 3.05) is 32.5 Å². The lowest BCUT2D eigenvalue weighted by atomic mass is 9.96. The van der Waals surface area contributed by atoms with E-state index >= 15 is 0 Å². The molecule has 0 bridgehead atoms. The van der Waals surface area contributed by atoms with E-state index in [2.05, 4.69) is 30.2 Å². The van der Waals surface area contributed by atoms with Crippen molar-refractivity contribution in [1.29, 1.82) is 0 Å². The van der Waals surface area contributed by atoms with Crippen molar-refractivity contribution >= 4 is 17.4 Å². The summed E-state index contributed by atoms with van der Waals surface area (Å²) in [7, 11) is 0. The molecule has 1 unspecified atom stereocenters. The van der Waals surface area contributed by atoms with Crippen LogP contribution >= 0.6 is 11.8 Å². The molecule has 2 aromatic rings. The lowest BCUT2D eigenvalue weighted by Gasteiger charge is -2.26. The van der Waals surface area contributed by atoms with Crippen molar-refractivity contribution in [3.63, 3.8) is 0 Å². The van der Waals surface area contributed by atoms with Crippen molar-refractivity contribution in [2.24, 2.45) is 0 Å². The monoisotopic (exact) mass is 441 g/mol. The summed E-state index contributed by atoms with van der Waals surface area (Å²) >= 11 is 1.75. The van der Waals surface area contributed by atoms with Crippen LogP contribution in [0.2, 0.25) is 0 Å². The van der Waals surface area contributed by atoms with Crippen LogP contribution in [0.25, 0.3) is 11.1 Å². The van der Waals surface area contributed by atoms with E-state index in [4.69, 9.17) is 4.74 Å². The van der Waals surface area contributed by atoms with Crippen LogP contribution in [0.5, 0.6) is 0 Å². The van der Waals surface area contributed by atoms with Gasteiger partial charge in [-0.05, 0) is 80.8 Å². The zero-order valence-electron chi connectivity index (χ0n) is 18.6. The van der Waals surface area contributed by atoms with Gasteiger partial charge in [-0.1, -0.05) is 30.7 Å². The van der Waals surface area contributed by atoms with Crippen LogP contribution in [0, 0.1) is 24.0 Å². The summed E-state index contributed by atoms with van der Waals surface area (Å²) < 4.78 is 6.07. The second kappa shape index (κ2) is 11.7. The van der Waals surface area contributed by atoms with Gasteiger partial charge in [0.15, 0.2) is 0 Å². The Bertz CT molecular complexity index is 881. The average molecular weight is 442 g/mol. The molecule has 167 valence electrons. The summed E-state index contributed by atoms with van der Waals surface area (Å²) in [6.07, 6.45) is 6.86. The molecule has 6 heteroatoms. The van der Waals surface area contributed by atoms with Gasteiger partial charge in [-0.25, -0.2) is 0 Å². The first-order valence-electron chi connectivity index (χ1n) is 11.0. The number of nitro benzene ring substituents is 1. The quantitative estimate of drug-likeness (QED) is 0.270. The summed E-state index contributed by atoms with van der Waals surface area (Å²) in [4.78, 5) is 13.5. The number of piperidine rings is 1. The minimum Gasteiger partial charge on any atom is -0.375 e. The summed E-state index contributed by atoms with van der Waals surface area (Å²) in [5.41, 5.74) is 5.04. The van der Waals surface area contributed by atoms with Crippen molar-refractivity contribution in [3.05, 3.63) is 70.1 Å². The molecule has 3 rings (SSSR count). The first kappa shape index (κ1) is 23.8. The maximum Gasteiger partial charge on any atom is 0.272 e. The third-order valence-electron chi connectivity index (χ3n) is 5.98. The molecular formula is C25H33N2O3S. The molecule has 5 nitrogen and oxygen atoms in total.